The van der Waals surface area contributed by atoms with Gasteiger partial charge in [-0.05, 0) is 36.1 Å². The van der Waals surface area contributed by atoms with Crippen LogP contribution in [0, 0.1) is 5.41 Å². The van der Waals surface area contributed by atoms with Gasteiger partial charge in [-0.15, -0.1) is 0 Å². The number of nitrogens with one attached hydrogen (secondary N) is 1. The van der Waals surface area contributed by atoms with Gasteiger partial charge in [-0.2, -0.15) is 5.10 Å². The van der Waals surface area contributed by atoms with Crippen LogP contribution in [0.2, 0.25) is 0 Å². The molecule has 1 amide bonds. The van der Waals surface area contributed by atoms with E-state index in [0.29, 0.717) is 0 Å². The summed E-state index contributed by atoms with van der Waals surface area (Å²) in [5, 5.41) is 7.16. The lowest BCUT2D eigenvalue weighted by atomic mass is 9.86. The molecule has 0 spiro atoms. The highest BCUT2D eigenvalue weighted by Gasteiger charge is 2.28. The molecule has 1 aromatic carbocycles. The van der Waals surface area contributed by atoms with Gasteiger partial charge in [0.15, 0.2) is 0 Å². The second-order valence-electron chi connectivity index (χ2n) is 6.62. The monoisotopic (exact) mass is 300 g/mol. The molecule has 5 nitrogen and oxygen atoms in total. The summed E-state index contributed by atoms with van der Waals surface area (Å²) >= 11 is 0. The SMILES string of the molecule is CC(NC(=O)[C@@H](N)C(C)(C)C)c1ccc(-n2cccn2)cc1. The van der Waals surface area contributed by atoms with E-state index in [0.717, 1.165) is 11.3 Å². The highest BCUT2D eigenvalue weighted by atomic mass is 16.2. The zero-order valence-corrected chi connectivity index (χ0v) is 13.6. The van der Waals surface area contributed by atoms with Crippen molar-refractivity contribution < 1.29 is 4.79 Å². The third kappa shape index (κ3) is 3.74. The lowest BCUT2D eigenvalue weighted by Crippen LogP contribution is -2.49. The first-order valence-corrected chi connectivity index (χ1v) is 7.45. The molecule has 0 fully saturated rings. The molecule has 0 saturated carbocycles. The Bertz CT molecular complexity index is 611. The summed E-state index contributed by atoms with van der Waals surface area (Å²) in [5.74, 6) is -0.129. The van der Waals surface area contributed by atoms with Crippen LogP contribution in [-0.2, 0) is 4.79 Å². The van der Waals surface area contributed by atoms with Crippen LogP contribution in [0.15, 0.2) is 42.7 Å². The number of aromatic nitrogens is 2. The highest BCUT2D eigenvalue weighted by molar-refractivity contribution is 5.82. The zero-order chi connectivity index (χ0) is 16.3. The first kappa shape index (κ1) is 16.2. The predicted octanol–water partition coefficient (Wildman–Crippen LogP) is 2.42. The molecule has 0 aliphatic heterocycles. The Morgan fingerprint density at radius 3 is 2.41 bits per heavy atom. The van der Waals surface area contributed by atoms with Gasteiger partial charge in [0.2, 0.25) is 5.91 Å². The molecule has 2 aromatic rings. The smallest absolute Gasteiger partial charge is 0.237 e. The van der Waals surface area contributed by atoms with Crippen LogP contribution in [0.4, 0.5) is 0 Å². The van der Waals surface area contributed by atoms with Crippen LogP contribution in [0.3, 0.4) is 0 Å². The van der Waals surface area contributed by atoms with E-state index in [1.165, 1.54) is 0 Å². The highest BCUT2D eigenvalue weighted by Crippen LogP contribution is 2.20. The zero-order valence-electron chi connectivity index (χ0n) is 13.6. The Morgan fingerprint density at radius 1 is 1.27 bits per heavy atom. The summed E-state index contributed by atoms with van der Waals surface area (Å²) in [6.45, 7) is 7.83. The molecule has 0 saturated heterocycles. The summed E-state index contributed by atoms with van der Waals surface area (Å²) in [6, 6.07) is 9.20. The van der Waals surface area contributed by atoms with Crippen molar-refractivity contribution >= 4 is 5.91 Å². The minimum Gasteiger partial charge on any atom is -0.348 e. The molecule has 0 aliphatic rings. The second kappa shape index (κ2) is 6.32. The van der Waals surface area contributed by atoms with Gasteiger partial charge in [-0.3, -0.25) is 4.79 Å². The minimum absolute atomic E-state index is 0.0902. The number of rotatable bonds is 4. The van der Waals surface area contributed by atoms with E-state index in [1.807, 2.05) is 64.2 Å². The van der Waals surface area contributed by atoms with E-state index in [9.17, 15) is 4.79 Å². The number of nitrogens with zero attached hydrogens (tertiary/aromatic N) is 2. The molecule has 3 N–H and O–H groups in total. The predicted molar refractivity (Wildman–Crippen MR) is 87.6 cm³/mol. The van der Waals surface area contributed by atoms with Crippen LogP contribution >= 0.6 is 0 Å². The topological polar surface area (TPSA) is 72.9 Å². The molecule has 1 aromatic heterocycles. The van der Waals surface area contributed by atoms with Gasteiger partial charge in [0.25, 0.3) is 0 Å². The van der Waals surface area contributed by atoms with Gasteiger partial charge < -0.3 is 11.1 Å². The fraction of sp³-hybridized carbons (Fsp3) is 0.412. The molecular weight excluding hydrogens is 276 g/mol. The molecule has 118 valence electrons. The van der Waals surface area contributed by atoms with Crippen LogP contribution < -0.4 is 11.1 Å². The van der Waals surface area contributed by atoms with E-state index in [-0.39, 0.29) is 17.4 Å². The van der Waals surface area contributed by atoms with E-state index >= 15 is 0 Å². The second-order valence-corrected chi connectivity index (χ2v) is 6.62. The van der Waals surface area contributed by atoms with Gasteiger partial charge in [-0.25, -0.2) is 4.68 Å². The maximum Gasteiger partial charge on any atom is 0.237 e. The van der Waals surface area contributed by atoms with Crippen LogP contribution in [-0.4, -0.2) is 21.7 Å². The summed E-state index contributed by atoms with van der Waals surface area (Å²) in [7, 11) is 0. The summed E-state index contributed by atoms with van der Waals surface area (Å²) in [5.41, 5.74) is 7.75. The first-order valence-electron chi connectivity index (χ1n) is 7.45. The number of hydrogen-bond acceptors (Lipinski definition) is 3. The van der Waals surface area contributed by atoms with Crippen LogP contribution in [0.1, 0.15) is 39.3 Å². The minimum atomic E-state index is -0.529. The van der Waals surface area contributed by atoms with E-state index in [2.05, 4.69) is 10.4 Å². The standard InChI is InChI=1S/C17H24N4O/c1-12(20-16(22)15(18)17(2,3)4)13-6-8-14(9-7-13)21-11-5-10-19-21/h5-12,15H,18H2,1-4H3,(H,20,22)/t12?,15-/m1/s1. The van der Waals surface area contributed by atoms with Crippen molar-refractivity contribution in [3.63, 3.8) is 0 Å². The fourth-order valence-electron chi connectivity index (χ4n) is 2.12. The Hall–Kier alpha value is -2.14. The van der Waals surface area contributed by atoms with Gasteiger partial charge in [-0.1, -0.05) is 32.9 Å². The number of nitrogens with two attached hydrogens (primary N) is 1. The van der Waals surface area contributed by atoms with Crippen LogP contribution in [0.5, 0.6) is 0 Å². The Balaban J connectivity index is 2.04. The van der Waals surface area contributed by atoms with Crippen LogP contribution in [0.25, 0.3) is 5.69 Å². The number of carbonyl (C=O) groups excluding carboxylic acids is 1. The molecular formula is C17H24N4O. The number of hydrogen-bond donors (Lipinski definition) is 2. The average molecular weight is 300 g/mol. The molecule has 0 radical (unpaired) electrons. The van der Waals surface area contributed by atoms with Gasteiger partial charge in [0.1, 0.15) is 0 Å². The molecule has 0 aliphatic carbocycles. The Morgan fingerprint density at radius 2 is 1.91 bits per heavy atom. The van der Waals surface area contributed by atoms with Crippen molar-refractivity contribution in [3.8, 4) is 5.69 Å². The maximum atomic E-state index is 12.2. The van der Waals surface area contributed by atoms with Crippen molar-refractivity contribution in [3.05, 3.63) is 48.3 Å². The third-order valence-electron chi connectivity index (χ3n) is 3.74. The van der Waals surface area contributed by atoms with Crippen molar-refractivity contribution in [1.82, 2.24) is 15.1 Å². The fourth-order valence-corrected chi connectivity index (χ4v) is 2.12. The quantitative estimate of drug-likeness (QED) is 0.910. The van der Waals surface area contributed by atoms with E-state index in [1.54, 1.807) is 10.9 Å². The summed E-state index contributed by atoms with van der Waals surface area (Å²) in [4.78, 5) is 12.2. The van der Waals surface area contributed by atoms with Crippen molar-refractivity contribution in [2.45, 2.75) is 39.8 Å². The number of carbonyl (C=O) groups is 1. The molecule has 22 heavy (non-hydrogen) atoms. The maximum absolute atomic E-state index is 12.2. The lowest BCUT2D eigenvalue weighted by molar-refractivity contribution is -0.125. The van der Waals surface area contributed by atoms with Gasteiger partial charge in [0.05, 0.1) is 17.8 Å². The molecule has 0 bridgehead atoms. The van der Waals surface area contributed by atoms with Gasteiger partial charge >= 0.3 is 0 Å². The molecule has 2 rings (SSSR count). The van der Waals surface area contributed by atoms with Crippen molar-refractivity contribution in [2.24, 2.45) is 11.1 Å². The molecule has 1 heterocycles. The summed E-state index contributed by atoms with van der Waals surface area (Å²) < 4.78 is 1.79. The molecule has 2 atom stereocenters. The first-order chi connectivity index (χ1) is 10.3. The summed E-state index contributed by atoms with van der Waals surface area (Å²) in [6.07, 6.45) is 3.63. The van der Waals surface area contributed by atoms with Crippen molar-refractivity contribution in [2.75, 3.05) is 0 Å². The normalized spacial score (nSPS) is 14.4. The molecule has 1 unspecified atom stereocenters. The third-order valence-corrected chi connectivity index (χ3v) is 3.74. The van der Waals surface area contributed by atoms with Crippen molar-refractivity contribution in [1.29, 1.82) is 0 Å². The largest absolute Gasteiger partial charge is 0.348 e. The van der Waals surface area contributed by atoms with E-state index in [4.69, 9.17) is 5.73 Å². The van der Waals surface area contributed by atoms with E-state index < -0.39 is 6.04 Å². The van der Waals surface area contributed by atoms with Gasteiger partial charge in [0, 0.05) is 12.4 Å². The molecule has 5 heteroatoms. The number of benzene rings is 1. The number of amides is 1. The average Bonchev–Trinajstić information content (AvgIpc) is 2.99. The Labute approximate surface area is 131 Å². The lowest BCUT2D eigenvalue weighted by Gasteiger charge is -2.27. The Kier molecular flexibility index (Phi) is 4.66.